The van der Waals surface area contributed by atoms with Crippen molar-refractivity contribution in [1.29, 1.82) is 0 Å². The van der Waals surface area contributed by atoms with E-state index in [1.54, 1.807) is 0 Å². The van der Waals surface area contributed by atoms with Crippen molar-refractivity contribution in [3.8, 4) is 0 Å². The van der Waals surface area contributed by atoms with Gasteiger partial charge < -0.3 is 10.1 Å². The third-order valence-electron chi connectivity index (χ3n) is 3.63. The van der Waals surface area contributed by atoms with Crippen LogP contribution in [0.3, 0.4) is 0 Å². The summed E-state index contributed by atoms with van der Waals surface area (Å²) >= 11 is 0. The molecule has 0 aromatic carbocycles. The van der Waals surface area contributed by atoms with Crippen molar-refractivity contribution in [2.45, 2.75) is 52.0 Å². The lowest BCUT2D eigenvalue weighted by molar-refractivity contribution is -0.143. The number of hydrogen-bond donors (Lipinski definition) is 1. The molecule has 0 radical (unpaired) electrons. The molecule has 0 spiro atoms. The van der Waals surface area contributed by atoms with Crippen LogP contribution in [-0.2, 0) is 14.3 Å². The number of carbonyl (C=O) groups excluding carboxylic acids is 2. The van der Waals surface area contributed by atoms with Gasteiger partial charge in [-0.05, 0) is 40.2 Å². The maximum atomic E-state index is 11.8. The summed E-state index contributed by atoms with van der Waals surface area (Å²) in [5.41, 5.74) is -0.417. The van der Waals surface area contributed by atoms with Crippen LogP contribution in [0.25, 0.3) is 0 Å². The normalized spacial score (nSPS) is 19.0. The number of piperazine rings is 1. The van der Waals surface area contributed by atoms with E-state index in [0.717, 1.165) is 38.9 Å². The molecule has 0 aliphatic carbocycles. The highest BCUT2D eigenvalue weighted by atomic mass is 16.5. The van der Waals surface area contributed by atoms with E-state index in [2.05, 4.69) is 10.2 Å². The van der Waals surface area contributed by atoms with Gasteiger partial charge in [0.25, 0.3) is 0 Å². The van der Waals surface area contributed by atoms with Crippen LogP contribution in [0, 0.1) is 0 Å². The minimum Gasteiger partial charge on any atom is -0.466 e. The molecular weight excluding hydrogens is 244 g/mol. The van der Waals surface area contributed by atoms with Crippen LogP contribution in [0.1, 0.15) is 46.5 Å². The van der Waals surface area contributed by atoms with E-state index >= 15 is 0 Å². The fraction of sp³-hybridized carbons (Fsp3) is 0.857. The van der Waals surface area contributed by atoms with Gasteiger partial charge in [0.2, 0.25) is 5.91 Å². The lowest BCUT2D eigenvalue weighted by Crippen LogP contribution is -2.61. The van der Waals surface area contributed by atoms with Gasteiger partial charge in [0.15, 0.2) is 0 Å². The zero-order chi connectivity index (χ0) is 14.3. The van der Waals surface area contributed by atoms with E-state index in [-0.39, 0.29) is 11.9 Å². The van der Waals surface area contributed by atoms with E-state index in [1.807, 2.05) is 20.8 Å². The third-order valence-corrected chi connectivity index (χ3v) is 3.63. The molecule has 1 aliphatic heterocycles. The van der Waals surface area contributed by atoms with Crippen LogP contribution in [0.2, 0.25) is 0 Å². The molecule has 0 bridgehead atoms. The number of nitrogens with one attached hydrogen (secondary N) is 1. The smallest absolute Gasteiger partial charge is 0.305 e. The summed E-state index contributed by atoms with van der Waals surface area (Å²) in [5.74, 6) is -0.00884. The molecule has 110 valence electrons. The van der Waals surface area contributed by atoms with E-state index in [1.165, 1.54) is 0 Å². The van der Waals surface area contributed by atoms with Gasteiger partial charge in [-0.15, -0.1) is 0 Å². The van der Waals surface area contributed by atoms with Gasteiger partial charge in [0, 0.05) is 19.5 Å². The van der Waals surface area contributed by atoms with E-state index in [4.69, 9.17) is 4.74 Å². The molecule has 0 aromatic rings. The number of amides is 1. The Labute approximate surface area is 115 Å². The second-order valence-corrected chi connectivity index (χ2v) is 5.42. The molecule has 1 amide bonds. The van der Waals surface area contributed by atoms with Crippen molar-refractivity contribution >= 4 is 11.9 Å². The number of esters is 1. The van der Waals surface area contributed by atoms with E-state index in [9.17, 15) is 9.59 Å². The summed E-state index contributed by atoms with van der Waals surface area (Å²) < 4.78 is 4.88. The van der Waals surface area contributed by atoms with E-state index in [0.29, 0.717) is 13.0 Å². The molecule has 1 heterocycles. The maximum absolute atomic E-state index is 11.8. The maximum Gasteiger partial charge on any atom is 0.305 e. The van der Waals surface area contributed by atoms with Crippen LogP contribution in [-0.4, -0.2) is 48.6 Å². The van der Waals surface area contributed by atoms with Crippen molar-refractivity contribution < 1.29 is 14.3 Å². The van der Waals surface area contributed by atoms with Gasteiger partial charge in [-0.25, -0.2) is 0 Å². The predicted octanol–water partition coefficient (Wildman–Crippen LogP) is 1.32. The Morgan fingerprint density at radius 3 is 2.79 bits per heavy atom. The van der Waals surface area contributed by atoms with Gasteiger partial charge in [-0.3, -0.25) is 14.5 Å². The summed E-state index contributed by atoms with van der Waals surface area (Å²) in [7, 11) is 0. The summed E-state index contributed by atoms with van der Waals surface area (Å²) in [6.45, 7) is 8.72. The average molecular weight is 270 g/mol. The molecule has 5 nitrogen and oxygen atoms in total. The number of carbonyl (C=O) groups is 2. The number of nitrogens with zero attached hydrogens (tertiary/aromatic N) is 1. The SMILES string of the molecule is CCOC(=O)CCCCCN1CCNC(=O)C1(C)C. The minimum absolute atomic E-state index is 0.102. The minimum atomic E-state index is -0.417. The van der Waals surface area contributed by atoms with Gasteiger partial charge in [-0.1, -0.05) is 6.42 Å². The number of ether oxygens (including phenoxy) is 1. The molecular formula is C14H26N2O3. The standard InChI is InChI=1S/C14H26N2O3/c1-4-19-12(17)8-6-5-7-10-16-11-9-15-13(18)14(16,2)3/h4-11H2,1-3H3,(H,15,18). The average Bonchev–Trinajstić information content (AvgIpc) is 2.34. The molecule has 1 N–H and O–H groups in total. The molecule has 0 unspecified atom stereocenters. The molecule has 1 rings (SSSR count). The largest absolute Gasteiger partial charge is 0.466 e. The fourth-order valence-electron chi connectivity index (χ4n) is 2.32. The Bertz CT molecular complexity index is 316. The zero-order valence-corrected chi connectivity index (χ0v) is 12.3. The highest BCUT2D eigenvalue weighted by Crippen LogP contribution is 2.18. The first-order valence-electron chi connectivity index (χ1n) is 7.17. The van der Waals surface area contributed by atoms with Crippen molar-refractivity contribution in [2.24, 2.45) is 0 Å². The summed E-state index contributed by atoms with van der Waals surface area (Å²) in [6, 6.07) is 0. The number of unbranched alkanes of at least 4 members (excludes halogenated alkanes) is 2. The van der Waals surface area contributed by atoms with Crippen LogP contribution in [0.5, 0.6) is 0 Å². The van der Waals surface area contributed by atoms with Crippen LogP contribution in [0.15, 0.2) is 0 Å². The number of rotatable bonds is 7. The van der Waals surface area contributed by atoms with Crippen LogP contribution in [0.4, 0.5) is 0 Å². The summed E-state index contributed by atoms with van der Waals surface area (Å²) in [4.78, 5) is 25.1. The van der Waals surface area contributed by atoms with Crippen molar-refractivity contribution in [2.75, 3.05) is 26.2 Å². The first kappa shape index (κ1) is 16.0. The quantitative estimate of drug-likeness (QED) is 0.560. The Hall–Kier alpha value is -1.10. The lowest BCUT2D eigenvalue weighted by atomic mass is 9.98. The first-order valence-corrected chi connectivity index (χ1v) is 7.17. The van der Waals surface area contributed by atoms with Gasteiger partial charge in [0.05, 0.1) is 12.1 Å². The Kier molecular flexibility index (Phi) is 6.28. The molecule has 1 aliphatic rings. The molecule has 0 atom stereocenters. The highest BCUT2D eigenvalue weighted by molar-refractivity contribution is 5.86. The van der Waals surface area contributed by atoms with Gasteiger partial charge in [0.1, 0.15) is 0 Å². The molecule has 5 heteroatoms. The second-order valence-electron chi connectivity index (χ2n) is 5.42. The lowest BCUT2D eigenvalue weighted by Gasteiger charge is -2.41. The first-order chi connectivity index (χ1) is 8.98. The molecule has 0 saturated carbocycles. The van der Waals surface area contributed by atoms with Crippen LogP contribution >= 0.6 is 0 Å². The topological polar surface area (TPSA) is 58.6 Å². The summed E-state index contributed by atoms with van der Waals surface area (Å²) in [5, 5.41) is 2.89. The molecule has 1 saturated heterocycles. The Morgan fingerprint density at radius 1 is 1.37 bits per heavy atom. The summed E-state index contributed by atoms with van der Waals surface area (Å²) in [6.07, 6.45) is 3.36. The Balaban J connectivity index is 2.18. The molecule has 1 fully saturated rings. The molecule has 0 aromatic heterocycles. The van der Waals surface area contributed by atoms with Gasteiger partial charge in [-0.2, -0.15) is 0 Å². The predicted molar refractivity (Wildman–Crippen MR) is 73.8 cm³/mol. The van der Waals surface area contributed by atoms with E-state index < -0.39 is 5.54 Å². The fourth-order valence-corrected chi connectivity index (χ4v) is 2.32. The van der Waals surface area contributed by atoms with Gasteiger partial charge >= 0.3 is 5.97 Å². The monoisotopic (exact) mass is 270 g/mol. The Morgan fingerprint density at radius 2 is 2.11 bits per heavy atom. The van der Waals surface area contributed by atoms with Crippen molar-refractivity contribution in [3.05, 3.63) is 0 Å². The van der Waals surface area contributed by atoms with Crippen LogP contribution < -0.4 is 5.32 Å². The van der Waals surface area contributed by atoms with Crippen molar-refractivity contribution in [3.63, 3.8) is 0 Å². The highest BCUT2D eigenvalue weighted by Gasteiger charge is 2.36. The van der Waals surface area contributed by atoms with Crippen molar-refractivity contribution in [1.82, 2.24) is 10.2 Å². The molecule has 19 heavy (non-hydrogen) atoms. The second kappa shape index (κ2) is 7.48. The number of hydrogen-bond acceptors (Lipinski definition) is 4. The zero-order valence-electron chi connectivity index (χ0n) is 12.3. The third kappa shape index (κ3) is 4.82.